The van der Waals surface area contributed by atoms with Gasteiger partial charge in [-0.25, -0.2) is 0 Å². The van der Waals surface area contributed by atoms with Gasteiger partial charge in [-0.3, -0.25) is 9.58 Å². The third-order valence-corrected chi connectivity index (χ3v) is 3.01. The highest BCUT2D eigenvalue weighted by Gasteiger charge is 2.22. The third kappa shape index (κ3) is 2.74. The first-order valence-electron chi connectivity index (χ1n) is 5.78. The quantitative estimate of drug-likeness (QED) is 0.815. The molecule has 0 aliphatic carbocycles. The molecule has 2 heterocycles. The van der Waals surface area contributed by atoms with E-state index in [-0.39, 0.29) is 0 Å². The van der Waals surface area contributed by atoms with Crippen LogP contribution >= 0.6 is 0 Å². The van der Waals surface area contributed by atoms with Gasteiger partial charge in [-0.15, -0.1) is 0 Å². The Bertz CT molecular complexity index is 338. The minimum absolute atomic E-state index is 0.332. The van der Waals surface area contributed by atoms with Crippen molar-refractivity contribution in [1.82, 2.24) is 14.7 Å². The van der Waals surface area contributed by atoms with Crippen LogP contribution in [-0.4, -0.2) is 46.5 Å². The summed E-state index contributed by atoms with van der Waals surface area (Å²) in [6, 6.07) is 0.490. The van der Waals surface area contributed by atoms with E-state index in [1.165, 1.54) is 0 Å². The minimum Gasteiger partial charge on any atom is -0.396 e. The molecule has 1 fully saturated rings. The van der Waals surface area contributed by atoms with Crippen molar-refractivity contribution in [3.8, 4) is 0 Å². The first-order chi connectivity index (χ1) is 7.65. The van der Waals surface area contributed by atoms with Crippen LogP contribution in [0.5, 0.6) is 0 Å². The van der Waals surface area contributed by atoms with Gasteiger partial charge in [0.1, 0.15) is 0 Å². The van der Waals surface area contributed by atoms with Gasteiger partial charge in [-0.1, -0.05) is 0 Å². The van der Waals surface area contributed by atoms with Crippen LogP contribution in [-0.2, 0) is 11.3 Å². The Hall–Kier alpha value is -1.07. The highest BCUT2D eigenvalue weighted by Crippen LogP contribution is 2.11. The second-order valence-corrected chi connectivity index (χ2v) is 4.52. The summed E-state index contributed by atoms with van der Waals surface area (Å²) in [5.41, 5.74) is 6.35. The van der Waals surface area contributed by atoms with Crippen LogP contribution in [0.3, 0.4) is 0 Å². The largest absolute Gasteiger partial charge is 0.396 e. The summed E-state index contributed by atoms with van der Waals surface area (Å²) in [6.45, 7) is 8.01. The standard InChI is InChI=1S/C11H20N4O/c1-9-8-16-10(2)6-14(9)3-4-15-7-11(12)5-13-15/h5,7,9-10H,3-4,6,8,12H2,1-2H3. The zero-order valence-corrected chi connectivity index (χ0v) is 9.97. The second-order valence-electron chi connectivity index (χ2n) is 4.52. The van der Waals surface area contributed by atoms with E-state index in [4.69, 9.17) is 10.5 Å². The molecule has 0 aromatic carbocycles. The molecule has 1 aliphatic heterocycles. The summed E-state index contributed by atoms with van der Waals surface area (Å²) in [6.07, 6.45) is 3.89. The molecule has 0 spiro atoms. The minimum atomic E-state index is 0.332. The molecule has 1 aromatic rings. The van der Waals surface area contributed by atoms with Gasteiger partial charge in [0, 0.05) is 25.3 Å². The molecule has 1 aromatic heterocycles. The Labute approximate surface area is 96.2 Å². The van der Waals surface area contributed by atoms with Gasteiger partial charge in [-0.2, -0.15) is 5.10 Å². The van der Waals surface area contributed by atoms with Gasteiger partial charge in [0.05, 0.1) is 31.1 Å². The monoisotopic (exact) mass is 224 g/mol. The average Bonchev–Trinajstić information content (AvgIpc) is 2.66. The number of rotatable bonds is 3. The SMILES string of the molecule is CC1CN(CCn2cc(N)cn2)C(C)CO1. The van der Waals surface area contributed by atoms with E-state index in [0.29, 0.717) is 12.1 Å². The number of hydrogen-bond donors (Lipinski definition) is 1. The van der Waals surface area contributed by atoms with Crippen molar-refractivity contribution in [2.75, 3.05) is 25.4 Å². The van der Waals surface area contributed by atoms with Crippen LogP contribution in [0.1, 0.15) is 13.8 Å². The fourth-order valence-corrected chi connectivity index (χ4v) is 2.02. The van der Waals surface area contributed by atoms with E-state index in [0.717, 1.165) is 31.9 Å². The van der Waals surface area contributed by atoms with Crippen molar-refractivity contribution >= 4 is 5.69 Å². The summed E-state index contributed by atoms with van der Waals surface area (Å²) >= 11 is 0. The number of nitrogen functional groups attached to an aromatic ring is 1. The van der Waals surface area contributed by atoms with Crippen LogP contribution in [0.4, 0.5) is 5.69 Å². The Morgan fingerprint density at radius 1 is 1.50 bits per heavy atom. The zero-order valence-electron chi connectivity index (χ0n) is 9.97. The number of hydrogen-bond acceptors (Lipinski definition) is 4. The summed E-state index contributed by atoms with van der Waals surface area (Å²) in [5.74, 6) is 0. The molecule has 0 amide bonds. The van der Waals surface area contributed by atoms with Crippen molar-refractivity contribution < 1.29 is 4.74 Å². The molecule has 2 atom stereocenters. The lowest BCUT2D eigenvalue weighted by molar-refractivity contribution is -0.0504. The predicted octanol–water partition coefficient (Wildman–Crippen LogP) is 0.574. The molecule has 0 saturated carbocycles. The van der Waals surface area contributed by atoms with Crippen LogP contribution in [0.15, 0.2) is 12.4 Å². The van der Waals surface area contributed by atoms with Crippen LogP contribution in [0.2, 0.25) is 0 Å². The molecule has 2 N–H and O–H groups in total. The Morgan fingerprint density at radius 2 is 2.31 bits per heavy atom. The van der Waals surface area contributed by atoms with E-state index >= 15 is 0 Å². The van der Waals surface area contributed by atoms with Crippen molar-refractivity contribution in [2.45, 2.75) is 32.5 Å². The van der Waals surface area contributed by atoms with Gasteiger partial charge < -0.3 is 10.5 Å². The lowest BCUT2D eigenvalue weighted by atomic mass is 10.2. The predicted molar refractivity (Wildman–Crippen MR) is 63.1 cm³/mol. The van der Waals surface area contributed by atoms with Crippen molar-refractivity contribution in [2.24, 2.45) is 0 Å². The third-order valence-electron chi connectivity index (χ3n) is 3.01. The normalized spacial score (nSPS) is 27.1. The molecule has 5 nitrogen and oxygen atoms in total. The van der Waals surface area contributed by atoms with Gasteiger partial charge >= 0.3 is 0 Å². The van der Waals surface area contributed by atoms with E-state index in [9.17, 15) is 0 Å². The molecule has 16 heavy (non-hydrogen) atoms. The molecule has 0 radical (unpaired) electrons. The van der Waals surface area contributed by atoms with Gasteiger partial charge in [-0.05, 0) is 13.8 Å². The summed E-state index contributed by atoms with van der Waals surface area (Å²) in [4.78, 5) is 2.44. The fourth-order valence-electron chi connectivity index (χ4n) is 2.02. The fraction of sp³-hybridized carbons (Fsp3) is 0.727. The number of morpholine rings is 1. The molecule has 90 valence electrons. The maximum atomic E-state index is 5.62. The first-order valence-corrected chi connectivity index (χ1v) is 5.78. The highest BCUT2D eigenvalue weighted by atomic mass is 16.5. The second kappa shape index (κ2) is 4.84. The Morgan fingerprint density at radius 3 is 3.00 bits per heavy atom. The van der Waals surface area contributed by atoms with Crippen molar-refractivity contribution in [3.63, 3.8) is 0 Å². The summed E-state index contributed by atoms with van der Waals surface area (Å²) in [5, 5.41) is 4.18. The molecule has 5 heteroatoms. The molecule has 1 aliphatic rings. The van der Waals surface area contributed by atoms with Gasteiger partial charge in [0.2, 0.25) is 0 Å². The van der Waals surface area contributed by atoms with E-state index in [1.54, 1.807) is 6.20 Å². The molecular formula is C11H20N4O. The zero-order chi connectivity index (χ0) is 11.5. The van der Waals surface area contributed by atoms with E-state index < -0.39 is 0 Å². The molecule has 2 rings (SSSR count). The highest BCUT2D eigenvalue weighted by molar-refractivity contribution is 5.30. The van der Waals surface area contributed by atoms with Crippen molar-refractivity contribution in [1.29, 1.82) is 0 Å². The maximum Gasteiger partial charge on any atom is 0.0719 e. The lowest BCUT2D eigenvalue weighted by Crippen LogP contribution is -2.48. The maximum absolute atomic E-state index is 5.62. The van der Waals surface area contributed by atoms with Gasteiger partial charge in [0.15, 0.2) is 0 Å². The molecule has 0 bridgehead atoms. The number of ether oxygens (including phenoxy) is 1. The number of nitrogens with zero attached hydrogens (tertiary/aromatic N) is 3. The molecular weight excluding hydrogens is 204 g/mol. The summed E-state index contributed by atoms with van der Waals surface area (Å²) < 4.78 is 7.48. The molecule has 1 saturated heterocycles. The number of aromatic nitrogens is 2. The Kier molecular flexibility index (Phi) is 3.46. The number of anilines is 1. The smallest absolute Gasteiger partial charge is 0.0719 e. The van der Waals surface area contributed by atoms with E-state index in [1.807, 2.05) is 10.9 Å². The van der Waals surface area contributed by atoms with Crippen LogP contribution < -0.4 is 5.73 Å². The van der Waals surface area contributed by atoms with Crippen molar-refractivity contribution in [3.05, 3.63) is 12.4 Å². The topological polar surface area (TPSA) is 56.3 Å². The Balaban J connectivity index is 1.84. The average molecular weight is 224 g/mol. The van der Waals surface area contributed by atoms with E-state index in [2.05, 4.69) is 23.8 Å². The van der Waals surface area contributed by atoms with Crippen LogP contribution in [0.25, 0.3) is 0 Å². The summed E-state index contributed by atoms with van der Waals surface area (Å²) in [7, 11) is 0. The number of nitrogens with two attached hydrogens (primary N) is 1. The lowest BCUT2D eigenvalue weighted by Gasteiger charge is -2.36. The van der Waals surface area contributed by atoms with Gasteiger partial charge in [0.25, 0.3) is 0 Å². The first kappa shape index (κ1) is 11.4. The molecule has 2 unspecified atom stereocenters. The van der Waals surface area contributed by atoms with Crippen LogP contribution in [0, 0.1) is 0 Å².